The van der Waals surface area contributed by atoms with Gasteiger partial charge >= 0.3 is 0 Å². The first-order valence-electron chi connectivity index (χ1n) is 19.6. The Balaban J connectivity index is 1.24. The van der Waals surface area contributed by atoms with E-state index in [0.29, 0.717) is 23.2 Å². The van der Waals surface area contributed by atoms with Crippen LogP contribution < -0.4 is 4.74 Å². The van der Waals surface area contributed by atoms with Gasteiger partial charge in [0.05, 0.1) is 44.3 Å². The highest BCUT2D eigenvalue weighted by atomic mass is 35.5. The molecule has 0 saturated carbocycles. The van der Waals surface area contributed by atoms with Crippen molar-refractivity contribution in [2.24, 2.45) is 30.7 Å². The molecule has 0 unspecified atom stereocenters. The van der Waals surface area contributed by atoms with Gasteiger partial charge in [-0.05, 0) is 79.7 Å². The fraction of sp³-hybridized carbons (Fsp3) is 0.125. The lowest BCUT2D eigenvalue weighted by Gasteiger charge is -2.13. The number of benzene rings is 5. The van der Waals surface area contributed by atoms with Crippen molar-refractivity contribution in [2.45, 2.75) is 35.0 Å². The van der Waals surface area contributed by atoms with E-state index < -0.39 is 94.7 Å². The maximum Gasteiger partial charge on any atom is 0.297 e. The second-order valence-electron chi connectivity index (χ2n) is 15.0. The van der Waals surface area contributed by atoms with E-state index in [-0.39, 0.29) is 78.5 Å². The van der Waals surface area contributed by atoms with E-state index in [2.05, 4.69) is 40.7 Å². The van der Waals surface area contributed by atoms with Gasteiger partial charge in [0.25, 0.3) is 40.5 Å². The van der Waals surface area contributed by atoms with Crippen molar-refractivity contribution in [3.8, 4) is 23.4 Å². The van der Waals surface area contributed by atoms with Crippen LogP contribution in [0.25, 0.3) is 37.7 Å². The molecule has 3 heterocycles. The number of aromatic hydroxyl groups is 2. The van der Waals surface area contributed by atoms with E-state index in [1.807, 2.05) is 6.07 Å². The summed E-state index contributed by atoms with van der Waals surface area (Å²) >= 11 is 6.75. The highest BCUT2D eigenvalue weighted by Crippen LogP contribution is 2.47. The molecule has 0 saturated heterocycles. The molecule has 0 aliphatic rings. The number of nitriles is 1. The number of phenolic OH excluding ortho intramolecular Hbond substituents is 1. The van der Waals surface area contributed by atoms with Crippen molar-refractivity contribution in [3.05, 3.63) is 88.4 Å². The summed E-state index contributed by atoms with van der Waals surface area (Å²) in [5, 5.41) is 56.1. The van der Waals surface area contributed by atoms with E-state index in [0.717, 1.165) is 17.4 Å². The Hall–Kier alpha value is -7.18. The number of aromatic nitrogens is 3. The van der Waals surface area contributed by atoms with Gasteiger partial charge in [0.1, 0.15) is 49.1 Å². The Kier molecular flexibility index (Phi) is 13.1. The number of aryl methyl sites for hydroxylation is 1. The number of fused-ring (bicyclic) bond motifs is 5. The Morgan fingerprint density at radius 3 is 2.08 bits per heavy atom. The number of imidazole rings is 1. The smallest absolute Gasteiger partial charge is 0.297 e. The van der Waals surface area contributed by atoms with Crippen molar-refractivity contribution in [2.75, 3.05) is 12.4 Å². The first-order valence-corrected chi connectivity index (χ1v) is 26.7. The van der Waals surface area contributed by atoms with Crippen molar-refractivity contribution >= 4 is 135 Å². The topological polar surface area (TPSA) is 395 Å². The van der Waals surface area contributed by atoms with Crippen LogP contribution in [0, 0.1) is 25.2 Å². The maximum absolute atomic E-state index is 12.8. The number of halogens is 1. The van der Waals surface area contributed by atoms with Gasteiger partial charge < -0.3 is 14.9 Å². The molecule has 0 amide bonds. The molecule has 31 heteroatoms. The third-order valence-electron chi connectivity index (χ3n) is 10.3. The first kappa shape index (κ1) is 50.2. The molecule has 6 N–H and O–H groups in total. The Bertz CT molecular complexity index is 4210. The second-order valence-corrected chi connectivity index (χ2v) is 22.1. The van der Waals surface area contributed by atoms with Crippen LogP contribution in [-0.4, -0.2) is 88.8 Å². The number of nitrogens with zero attached hydrogens (tertiary/aromatic N) is 10. The molecular weight excluding hydrogens is 1060 g/mol. The number of thiazole rings is 1. The number of hydrogen-bond acceptors (Lipinski definition) is 21. The lowest BCUT2D eigenvalue weighted by Crippen LogP contribution is -2.08. The lowest BCUT2D eigenvalue weighted by atomic mass is 10.1. The van der Waals surface area contributed by atoms with Crippen LogP contribution in [0.3, 0.4) is 0 Å². The average molecular weight is 1090 g/mol. The normalized spacial score (nSPS) is 13.0. The molecule has 0 aliphatic heterocycles. The number of hydrogen-bond donors (Lipinski definition) is 6. The molecular formula is C40H29ClN10O15S5. The molecule has 0 aliphatic carbocycles. The van der Waals surface area contributed by atoms with Crippen LogP contribution in [0.4, 0.5) is 33.6 Å². The molecule has 5 aromatic carbocycles. The molecule has 8 rings (SSSR count). The van der Waals surface area contributed by atoms with Crippen LogP contribution in [0.15, 0.2) is 112 Å². The number of para-hydroxylation sites is 2. The fourth-order valence-corrected chi connectivity index (χ4v) is 11.3. The number of pyridine rings is 1. The van der Waals surface area contributed by atoms with Gasteiger partial charge in [0.15, 0.2) is 17.1 Å². The molecule has 0 spiro atoms. The molecule has 3 aromatic heterocycles. The highest BCUT2D eigenvalue weighted by Gasteiger charge is 2.27. The van der Waals surface area contributed by atoms with E-state index in [1.165, 1.54) is 42.5 Å². The van der Waals surface area contributed by atoms with E-state index in [9.17, 15) is 67.4 Å². The summed E-state index contributed by atoms with van der Waals surface area (Å²) in [6.45, 7) is 2.53. The fourth-order valence-electron chi connectivity index (χ4n) is 7.07. The van der Waals surface area contributed by atoms with Crippen LogP contribution >= 0.6 is 22.9 Å². The third-order valence-corrected chi connectivity index (χ3v) is 15.3. The van der Waals surface area contributed by atoms with Gasteiger partial charge in [-0.3, -0.25) is 22.6 Å². The van der Waals surface area contributed by atoms with Gasteiger partial charge in [0, 0.05) is 17.0 Å². The van der Waals surface area contributed by atoms with Crippen LogP contribution in [0.5, 0.6) is 17.4 Å². The zero-order chi connectivity index (χ0) is 51.5. The number of rotatable bonds is 14. The average Bonchev–Trinajstić information content (AvgIpc) is 3.87. The summed E-state index contributed by atoms with van der Waals surface area (Å²) in [4.78, 5) is 5.94. The van der Waals surface area contributed by atoms with Gasteiger partial charge in [-0.2, -0.15) is 38.9 Å². The number of ether oxygens (including phenoxy) is 1. The molecule has 0 atom stereocenters. The first-order chi connectivity index (χ1) is 33.2. The summed E-state index contributed by atoms with van der Waals surface area (Å²) in [7, 11) is -19.8. The van der Waals surface area contributed by atoms with E-state index >= 15 is 0 Å². The van der Waals surface area contributed by atoms with Gasteiger partial charge in [-0.15, -0.1) is 30.7 Å². The molecule has 0 fully saturated rings. The Labute approximate surface area is 408 Å². The summed E-state index contributed by atoms with van der Waals surface area (Å²) in [5.41, 5.74) is -0.825. The van der Waals surface area contributed by atoms with Crippen molar-refractivity contribution in [1.29, 1.82) is 5.26 Å². The maximum atomic E-state index is 12.8. The highest BCUT2D eigenvalue weighted by molar-refractivity contribution is 7.87. The quantitative estimate of drug-likeness (QED) is 0.0335. The van der Waals surface area contributed by atoms with Gasteiger partial charge in [-0.25, -0.2) is 9.97 Å². The van der Waals surface area contributed by atoms with Gasteiger partial charge in [-0.1, -0.05) is 35.1 Å². The summed E-state index contributed by atoms with van der Waals surface area (Å²) < 4.78 is 145. The molecule has 71 heavy (non-hydrogen) atoms. The second kappa shape index (κ2) is 18.5. The van der Waals surface area contributed by atoms with Crippen LogP contribution in [-0.2, 0) is 40.5 Å². The van der Waals surface area contributed by atoms with Crippen molar-refractivity contribution in [1.82, 2.24) is 14.4 Å². The molecule has 366 valence electrons. The Morgan fingerprint density at radius 2 is 1.41 bits per heavy atom. The minimum absolute atomic E-state index is 0.0202. The third kappa shape index (κ3) is 10.1. The van der Waals surface area contributed by atoms with E-state index in [4.69, 9.17) is 16.3 Å². The van der Waals surface area contributed by atoms with Crippen LogP contribution in [0.2, 0.25) is 5.02 Å². The van der Waals surface area contributed by atoms with Gasteiger partial charge in [0.2, 0.25) is 11.0 Å². The van der Waals surface area contributed by atoms with E-state index in [1.54, 1.807) is 24.3 Å². The predicted molar refractivity (Wildman–Crippen MR) is 254 cm³/mol. The van der Waals surface area contributed by atoms with Crippen molar-refractivity contribution in [3.63, 3.8) is 0 Å². The lowest BCUT2D eigenvalue weighted by molar-refractivity contribution is 0.317. The molecule has 0 radical (unpaired) electrons. The number of phenols is 1. The molecule has 25 nitrogen and oxygen atoms in total. The Morgan fingerprint density at radius 1 is 0.746 bits per heavy atom. The summed E-state index contributed by atoms with van der Waals surface area (Å²) in [5.74, 6) is -2.54. The largest absolute Gasteiger partial charge is 0.505 e. The summed E-state index contributed by atoms with van der Waals surface area (Å²) in [6, 6.07) is 16.0. The van der Waals surface area contributed by atoms with Crippen LogP contribution in [0.1, 0.15) is 23.1 Å². The SMILES string of the molecule is Cc1cc(N=Nc2c(S(=O)(=O)O)cc3cc(S(=O)(=O)O)c(N=Nc4c(C)c(C#N)c5nc6ccccc6n5c4O)cc3c2O)c(OCCCS(=O)(=O)O)cc1N=Nc1nc2ccc(Cl)c(S(=O)(=O)O)c2s1. The standard InChI is InChI=1S/C40H29ClN10O15S5/c1-18-12-27(30(66-10-5-11-68(54,55)56)16-26(18)45-50-40-44-25-9-8-23(41)37(36(25)67-40)71(63,64)65)46-49-34-32(70(60,61)62)14-20-13-31(69(57,58)59)28(15-21(20)35(34)52)47-48-33-19(2)22(17-42)38-43-24-6-3-4-7-29(24)51(38)39(33)53/h3-4,6-9,12-16,52-53H,5,10-11H2,1-2H3,(H,54,55,56)(H,57,58,59)(H,60,61,62)(H,63,64,65). The minimum Gasteiger partial charge on any atom is -0.505 e. The predicted octanol–water partition coefficient (Wildman–Crippen LogP) is 9.45. The van der Waals surface area contributed by atoms with Crippen molar-refractivity contribution < 1.29 is 66.8 Å². The zero-order valence-electron chi connectivity index (χ0n) is 35.7. The minimum atomic E-state index is -5.34. The summed E-state index contributed by atoms with van der Waals surface area (Å²) in [6.07, 6.45) is -0.262. The zero-order valence-corrected chi connectivity index (χ0v) is 40.6. The number of azo groups is 3. The monoisotopic (exact) mass is 1080 g/mol. The molecule has 8 aromatic rings. The molecule has 0 bridgehead atoms.